The van der Waals surface area contributed by atoms with Crippen molar-refractivity contribution in [1.29, 1.82) is 0 Å². The number of ether oxygens (including phenoxy) is 1. The van der Waals surface area contributed by atoms with E-state index in [9.17, 15) is 18.8 Å². The number of likely N-dealkylation sites (tertiary alicyclic amines) is 1. The largest absolute Gasteiger partial charge is 0.464 e. The SMILES string of the molecule is CC(C)(C)OC(=O)NCc1ccc(-c2cc(CC(=O)N3[C@@H]4C[C@H]4C[C@H]3C(=O)NCc3cccc(Cl)c3F)cc3ccoc23)cc1. The molecule has 45 heavy (non-hydrogen) atoms. The predicted octanol–water partition coefficient (Wildman–Crippen LogP) is 6.77. The molecule has 6 rings (SSSR count). The minimum Gasteiger partial charge on any atom is -0.464 e. The molecule has 3 aromatic carbocycles. The van der Waals surface area contributed by atoms with Gasteiger partial charge in [-0.1, -0.05) is 48.0 Å². The maximum absolute atomic E-state index is 14.3. The fourth-order valence-electron chi connectivity index (χ4n) is 6.05. The van der Waals surface area contributed by atoms with Crippen LogP contribution in [-0.2, 0) is 33.8 Å². The lowest BCUT2D eigenvalue weighted by molar-refractivity contribution is -0.139. The normalized spacial score (nSPS) is 18.9. The first-order valence-corrected chi connectivity index (χ1v) is 15.4. The van der Waals surface area contributed by atoms with Gasteiger partial charge in [0.2, 0.25) is 11.8 Å². The summed E-state index contributed by atoms with van der Waals surface area (Å²) in [4.78, 5) is 40.7. The maximum Gasteiger partial charge on any atom is 0.407 e. The number of nitrogens with one attached hydrogen (secondary N) is 2. The zero-order valence-electron chi connectivity index (χ0n) is 25.4. The first kappa shape index (κ1) is 30.6. The van der Waals surface area contributed by atoms with Crippen LogP contribution in [0.1, 0.15) is 50.3 Å². The zero-order valence-corrected chi connectivity index (χ0v) is 26.1. The second kappa shape index (κ2) is 12.2. The molecule has 4 aromatic rings. The lowest BCUT2D eigenvalue weighted by atomic mass is 9.97. The number of nitrogens with zero attached hydrogens (tertiary/aromatic N) is 1. The van der Waals surface area contributed by atoms with Gasteiger partial charge in [0.1, 0.15) is 23.0 Å². The Morgan fingerprint density at radius 3 is 2.53 bits per heavy atom. The van der Waals surface area contributed by atoms with Crippen LogP contribution in [0.2, 0.25) is 5.02 Å². The Labute approximate surface area is 265 Å². The van der Waals surface area contributed by atoms with E-state index in [2.05, 4.69) is 10.6 Å². The number of furan rings is 1. The molecule has 8 nitrogen and oxygen atoms in total. The zero-order chi connectivity index (χ0) is 31.9. The van der Waals surface area contributed by atoms with Gasteiger partial charge in [-0.05, 0) is 80.5 Å². The van der Waals surface area contributed by atoms with Crippen molar-refractivity contribution in [2.24, 2.45) is 5.92 Å². The van der Waals surface area contributed by atoms with Gasteiger partial charge in [0.05, 0.1) is 17.7 Å². The molecule has 2 aliphatic rings. The summed E-state index contributed by atoms with van der Waals surface area (Å²) >= 11 is 5.89. The van der Waals surface area contributed by atoms with E-state index in [1.54, 1.807) is 23.3 Å². The van der Waals surface area contributed by atoms with Crippen molar-refractivity contribution >= 4 is 40.5 Å². The van der Waals surface area contributed by atoms with Crippen molar-refractivity contribution < 1.29 is 27.9 Å². The molecular weight excluding hydrogens is 597 g/mol. The lowest BCUT2D eigenvalue weighted by Crippen LogP contribution is -2.48. The van der Waals surface area contributed by atoms with E-state index >= 15 is 0 Å². The van der Waals surface area contributed by atoms with Crippen molar-refractivity contribution in [2.75, 3.05) is 0 Å². The van der Waals surface area contributed by atoms with Gasteiger partial charge < -0.3 is 24.7 Å². The van der Waals surface area contributed by atoms with E-state index in [-0.39, 0.29) is 35.8 Å². The number of carbonyl (C=O) groups is 3. The van der Waals surface area contributed by atoms with Gasteiger partial charge in [0.15, 0.2) is 0 Å². The average molecular weight is 632 g/mol. The summed E-state index contributed by atoms with van der Waals surface area (Å²) in [5.41, 5.74) is 3.89. The fraction of sp³-hybridized carbons (Fsp3) is 0.343. The highest BCUT2D eigenvalue weighted by atomic mass is 35.5. The first-order chi connectivity index (χ1) is 21.5. The van der Waals surface area contributed by atoms with Crippen molar-refractivity contribution in [3.05, 3.63) is 94.5 Å². The molecular formula is C35H35ClFN3O5. The summed E-state index contributed by atoms with van der Waals surface area (Å²) in [5, 5.41) is 6.44. The molecule has 0 bridgehead atoms. The third kappa shape index (κ3) is 6.83. The molecule has 1 aliphatic heterocycles. The molecule has 234 valence electrons. The number of benzene rings is 3. The molecule has 1 saturated carbocycles. The van der Waals surface area contributed by atoms with E-state index in [4.69, 9.17) is 20.8 Å². The Kier molecular flexibility index (Phi) is 8.31. The van der Waals surface area contributed by atoms with Gasteiger partial charge in [0.25, 0.3) is 0 Å². The van der Waals surface area contributed by atoms with Gasteiger partial charge in [-0.25, -0.2) is 9.18 Å². The molecule has 2 heterocycles. The number of amides is 3. The van der Waals surface area contributed by atoms with Crippen molar-refractivity contribution in [2.45, 2.75) is 70.8 Å². The highest BCUT2D eigenvalue weighted by Crippen LogP contribution is 2.48. The first-order valence-electron chi connectivity index (χ1n) is 15.0. The number of fused-ring (bicyclic) bond motifs is 2. The minimum absolute atomic E-state index is 0.000715. The predicted molar refractivity (Wildman–Crippen MR) is 169 cm³/mol. The summed E-state index contributed by atoms with van der Waals surface area (Å²) < 4.78 is 25.5. The highest BCUT2D eigenvalue weighted by Gasteiger charge is 2.55. The second-order valence-electron chi connectivity index (χ2n) is 12.8. The molecule has 1 saturated heterocycles. The second-order valence-corrected chi connectivity index (χ2v) is 13.2. The highest BCUT2D eigenvalue weighted by molar-refractivity contribution is 6.30. The van der Waals surface area contributed by atoms with E-state index in [0.717, 1.165) is 34.1 Å². The van der Waals surface area contributed by atoms with Gasteiger partial charge in [-0.15, -0.1) is 0 Å². The van der Waals surface area contributed by atoms with Crippen LogP contribution in [0.3, 0.4) is 0 Å². The van der Waals surface area contributed by atoms with Crippen LogP contribution in [0.15, 0.2) is 71.3 Å². The van der Waals surface area contributed by atoms with E-state index in [1.807, 2.05) is 63.2 Å². The van der Waals surface area contributed by atoms with E-state index in [1.165, 1.54) is 6.07 Å². The van der Waals surface area contributed by atoms with Gasteiger partial charge in [-0.2, -0.15) is 0 Å². The third-order valence-electron chi connectivity index (χ3n) is 8.25. The monoisotopic (exact) mass is 631 g/mol. The number of halogens is 2. The number of piperidine rings is 1. The molecule has 1 aliphatic carbocycles. The minimum atomic E-state index is -0.595. The van der Waals surface area contributed by atoms with E-state index in [0.29, 0.717) is 30.0 Å². The molecule has 3 amide bonds. The molecule has 3 atom stereocenters. The van der Waals surface area contributed by atoms with Crippen molar-refractivity contribution in [3.8, 4) is 11.1 Å². The topological polar surface area (TPSA) is 101 Å². The summed E-state index contributed by atoms with van der Waals surface area (Å²) in [6, 6.07) is 17.6. The van der Waals surface area contributed by atoms with Crippen LogP contribution in [-0.4, -0.2) is 40.5 Å². The number of carbonyl (C=O) groups excluding carboxylic acids is 3. The molecule has 0 unspecified atom stereocenters. The van der Waals surface area contributed by atoms with Crippen molar-refractivity contribution in [1.82, 2.24) is 15.5 Å². The average Bonchev–Trinajstić information content (AvgIpc) is 3.39. The molecule has 2 N–H and O–H groups in total. The molecule has 2 fully saturated rings. The smallest absolute Gasteiger partial charge is 0.407 e. The number of hydrogen-bond acceptors (Lipinski definition) is 5. The van der Waals surface area contributed by atoms with E-state index < -0.39 is 23.6 Å². The van der Waals surface area contributed by atoms with Crippen molar-refractivity contribution in [3.63, 3.8) is 0 Å². The Morgan fingerprint density at radius 1 is 1.00 bits per heavy atom. The quantitative estimate of drug-likeness (QED) is 0.224. The Balaban J connectivity index is 1.15. The standard InChI is InChI=1S/C35H35ClFN3O5/c1-35(2,3)45-34(43)39-18-20-7-9-22(10-8-20)26-14-21(13-23-11-12-44-32(23)26)15-30(41)40-28-16-25(28)17-29(40)33(42)38-19-24-5-4-6-27(36)31(24)37/h4-14,25,28-29H,15-19H2,1-3H3,(H,38,42)(H,39,43)/t25-,28+,29-/m0/s1. The Bertz CT molecular complexity index is 1760. The van der Waals surface area contributed by atoms with Crippen LogP contribution in [0.25, 0.3) is 22.1 Å². The number of alkyl carbamates (subject to hydrolysis) is 1. The number of rotatable bonds is 8. The van der Waals surface area contributed by atoms with Crippen LogP contribution in [0.5, 0.6) is 0 Å². The maximum atomic E-state index is 14.3. The Morgan fingerprint density at radius 2 is 1.78 bits per heavy atom. The summed E-state index contributed by atoms with van der Waals surface area (Å²) in [6.07, 6.45) is 2.76. The van der Waals surface area contributed by atoms with Gasteiger partial charge in [0, 0.05) is 35.6 Å². The Hall–Kier alpha value is -4.37. The molecule has 1 aromatic heterocycles. The van der Waals surface area contributed by atoms with Gasteiger partial charge in [-0.3, -0.25) is 9.59 Å². The summed E-state index contributed by atoms with van der Waals surface area (Å²) in [6.45, 7) is 5.76. The summed E-state index contributed by atoms with van der Waals surface area (Å²) in [5.74, 6) is -0.657. The lowest BCUT2D eigenvalue weighted by Gasteiger charge is -2.27. The van der Waals surface area contributed by atoms with Crippen LogP contribution in [0, 0.1) is 11.7 Å². The number of hydrogen-bond donors (Lipinski definition) is 2. The third-order valence-corrected chi connectivity index (χ3v) is 8.54. The molecule has 0 radical (unpaired) electrons. The van der Waals surface area contributed by atoms with Crippen LogP contribution >= 0.6 is 11.6 Å². The molecule has 0 spiro atoms. The molecule has 10 heteroatoms. The van der Waals surface area contributed by atoms with Crippen LogP contribution in [0.4, 0.5) is 9.18 Å². The summed E-state index contributed by atoms with van der Waals surface area (Å²) in [7, 11) is 0. The fourth-order valence-corrected chi connectivity index (χ4v) is 6.25. The van der Waals surface area contributed by atoms with Crippen LogP contribution < -0.4 is 10.6 Å². The van der Waals surface area contributed by atoms with Gasteiger partial charge >= 0.3 is 6.09 Å².